The van der Waals surface area contributed by atoms with Crippen LogP contribution in [0.5, 0.6) is 5.75 Å². The molecular weight excluding hydrogens is 457 g/mol. The number of rotatable bonds is 8. The molecule has 0 atom stereocenters. The lowest BCUT2D eigenvalue weighted by Crippen LogP contribution is -2.21. The zero-order valence-electron chi connectivity index (χ0n) is 14.6. The molecule has 0 aliphatic heterocycles. The maximum Gasteiger partial charge on any atom is 0.306 e. The number of carbonyl (C=O) groups excluding carboxylic acids is 2. The molecule has 8 heteroatoms. The Hall–Kier alpha value is -1.76. The van der Waals surface area contributed by atoms with Gasteiger partial charge in [-0.1, -0.05) is 45.2 Å². The molecule has 2 aromatic carbocycles. The lowest BCUT2D eigenvalue weighted by atomic mass is 10.2. The van der Waals surface area contributed by atoms with Crippen molar-refractivity contribution >= 4 is 56.7 Å². The fraction of sp³-hybridized carbons (Fsp3) is 0.263. The second kappa shape index (κ2) is 10.5. The quantitative estimate of drug-likeness (QED) is 0.410. The largest absolute Gasteiger partial charge is 0.492 e. The van der Waals surface area contributed by atoms with E-state index in [-0.39, 0.29) is 13.0 Å². The van der Waals surface area contributed by atoms with Crippen LogP contribution >= 0.6 is 39.1 Å². The summed E-state index contributed by atoms with van der Waals surface area (Å²) in [5.74, 6) is -0.358. The number of anilines is 1. The average molecular weight is 475 g/mol. The lowest BCUT2D eigenvalue weighted by Gasteiger charge is -2.09. The highest BCUT2D eigenvalue weighted by molar-refractivity contribution is 9.10. The van der Waals surface area contributed by atoms with Gasteiger partial charge in [0.2, 0.25) is 0 Å². The molecule has 2 rings (SSSR count). The first-order valence-corrected chi connectivity index (χ1v) is 9.69. The SMILES string of the molecule is Cc1ccc(NC(=O)COC(=O)CCCOc2ccc(Br)cc2Cl)cc1Cl. The first kappa shape index (κ1) is 21.5. The van der Waals surface area contributed by atoms with Crippen LogP contribution in [0.15, 0.2) is 40.9 Å². The Bertz CT molecular complexity index is 829. The third kappa shape index (κ3) is 7.40. The molecule has 0 bridgehead atoms. The van der Waals surface area contributed by atoms with Crippen molar-refractivity contribution in [3.63, 3.8) is 0 Å². The summed E-state index contributed by atoms with van der Waals surface area (Å²) >= 11 is 15.4. The Labute approximate surface area is 176 Å². The number of ether oxygens (including phenoxy) is 2. The molecule has 0 aliphatic rings. The van der Waals surface area contributed by atoms with Crippen LogP contribution in [-0.4, -0.2) is 25.1 Å². The van der Waals surface area contributed by atoms with Crippen molar-refractivity contribution in [1.29, 1.82) is 0 Å². The summed E-state index contributed by atoms with van der Waals surface area (Å²) in [5.41, 5.74) is 1.46. The van der Waals surface area contributed by atoms with Crippen LogP contribution in [0.3, 0.4) is 0 Å². The van der Waals surface area contributed by atoms with Crippen LogP contribution < -0.4 is 10.1 Å². The van der Waals surface area contributed by atoms with Gasteiger partial charge in [0, 0.05) is 21.6 Å². The average Bonchev–Trinajstić information content (AvgIpc) is 2.61. The number of amides is 1. The van der Waals surface area contributed by atoms with Gasteiger partial charge in [-0.2, -0.15) is 0 Å². The van der Waals surface area contributed by atoms with Crippen molar-refractivity contribution in [3.05, 3.63) is 56.5 Å². The number of benzene rings is 2. The van der Waals surface area contributed by atoms with Gasteiger partial charge in [0.1, 0.15) is 5.75 Å². The van der Waals surface area contributed by atoms with E-state index in [0.29, 0.717) is 34.5 Å². The summed E-state index contributed by atoms with van der Waals surface area (Å²) < 4.78 is 11.3. The molecule has 0 aromatic heterocycles. The molecule has 2 aromatic rings. The lowest BCUT2D eigenvalue weighted by molar-refractivity contribution is -0.147. The second-order valence-electron chi connectivity index (χ2n) is 5.70. The predicted molar refractivity (Wildman–Crippen MR) is 110 cm³/mol. The third-order valence-electron chi connectivity index (χ3n) is 3.50. The Morgan fingerprint density at radius 3 is 2.59 bits per heavy atom. The third-order valence-corrected chi connectivity index (χ3v) is 4.69. The van der Waals surface area contributed by atoms with Gasteiger partial charge in [-0.05, 0) is 49.2 Å². The van der Waals surface area contributed by atoms with Crippen molar-refractivity contribution < 1.29 is 19.1 Å². The van der Waals surface area contributed by atoms with E-state index in [1.807, 2.05) is 13.0 Å². The topological polar surface area (TPSA) is 64.6 Å². The van der Waals surface area contributed by atoms with Gasteiger partial charge in [-0.15, -0.1) is 0 Å². The van der Waals surface area contributed by atoms with E-state index in [1.54, 1.807) is 30.3 Å². The summed E-state index contributed by atoms with van der Waals surface area (Å²) in [4.78, 5) is 23.5. The van der Waals surface area contributed by atoms with Crippen LogP contribution in [0.2, 0.25) is 10.0 Å². The summed E-state index contributed by atoms with van der Waals surface area (Å²) in [6.07, 6.45) is 0.582. The van der Waals surface area contributed by atoms with Gasteiger partial charge in [-0.25, -0.2) is 0 Å². The molecule has 0 fully saturated rings. The fourth-order valence-electron chi connectivity index (χ4n) is 2.08. The number of hydrogen-bond acceptors (Lipinski definition) is 4. The van der Waals surface area contributed by atoms with E-state index >= 15 is 0 Å². The highest BCUT2D eigenvalue weighted by Crippen LogP contribution is 2.27. The van der Waals surface area contributed by atoms with Gasteiger partial charge < -0.3 is 14.8 Å². The standard InChI is InChI=1S/C19H18BrCl2NO4/c1-12-4-6-14(10-15(12)21)23-18(24)11-27-19(25)3-2-8-26-17-7-5-13(20)9-16(17)22/h4-7,9-10H,2-3,8,11H2,1H3,(H,23,24). The van der Waals surface area contributed by atoms with E-state index in [0.717, 1.165) is 10.0 Å². The minimum absolute atomic E-state index is 0.137. The molecular formula is C19H18BrCl2NO4. The van der Waals surface area contributed by atoms with Crippen LogP contribution in [0.25, 0.3) is 0 Å². The monoisotopic (exact) mass is 473 g/mol. The van der Waals surface area contributed by atoms with Crippen molar-refractivity contribution in [2.75, 3.05) is 18.5 Å². The first-order chi connectivity index (χ1) is 12.8. The first-order valence-electron chi connectivity index (χ1n) is 8.14. The van der Waals surface area contributed by atoms with Crippen LogP contribution in [0.1, 0.15) is 18.4 Å². The molecule has 0 saturated carbocycles. The van der Waals surface area contributed by atoms with Crippen molar-refractivity contribution in [2.45, 2.75) is 19.8 Å². The normalized spacial score (nSPS) is 10.4. The van der Waals surface area contributed by atoms with Gasteiger partial charge in [0.05, 0.1) is 11.6 Å². The highest BCUT2D eigenvalue weighted by Gasteiger charge is 2.09. The predicted octanol–water partition coefficient (Wildman–Crippen LogP) is 5.41. The Morgan fingerprint density at radius 2 is 1.89 bits per heavy atom. The summed E-state index contributed by atoms with van der Waals surface area (Å²) in [5, 5.41) is 3.66. The fourth-order valence-corrected chi connectivity index (χ4v) is 2.99. The van der Waals surface area contributed by atoms with Gasteiger partial charge in [-0.3, -0.25) is 9.59 Å². The van der Waals surface area contributed by atoms with E-state index in [2.05, 4.69) is 21.2 Å². The molecule has 1 N–H and O–H groups in total. The Morgan fingerprint density at radius 1 is 1.11 bits per heavy atom. The molecule has 144 valence electrons. The van der Waals surface area contributed by atoms with E-state index in [1.165, 1.54) is 0 Å². The number of halogens is 3. The van der Waals surface area contributed by atoms with Gasteiger partial charge in [0.25, 0.3) is 5.91 Å². The van der Waals surface area contributed by atoms with Crippen molar-refractivity contribution in [1.82, 2.24) is 0 Å². The van der Waals surface area contributed by atoms with E-state index in [4.69, 9.17) is 32.7 Å². The van der Waals surface area contributed by atoms with Crippen LogP contribution in [-0.2, 0) is 14.3 Å². The van der Waals surface area contributed by atoms with E-state index < -0.39 is 11.9 Å². The Kier molecular flexibility index (Phi) is 8.41. The van der Waals surface area contributed by atoms with Crippen LogP contribution in [0, 0.1) is 6.92 Å². The molecule has 27 heavy (non-hydrogen) atoms. The Balaban J connectivity index is 1.65. The summed E-state index contributed by atoms with van der Waals surface area (Å²) in [6, 6.07) is 10.4. The molecule has 0 aliphatic carbocycles. The highest BCUT2D eigenvalue weighted by atomic mass is 79.9. The molecule has 0 unspecified atom stereocenters. The van der Waals surface area contributed by atoms with E-state index in [9.17, 15) is 9.59 Å². The number of hydrogen-bond donors (Lipinski definition) is 1. The molecule has 0 heterocycles. The minimum atomic E-state index is -0.474. The summed E-state index contributed by atoms with van der Waals surface area (Å²) in [6.45, 7) is 1.82. The number of nitrogens with one attached hydrogen (secondary N) is 1. The smallest absolute Gasteiger partial charge is 0.306 e. The second-order valence-corrected chi connectivity index (χ2v) is 7.43. The maximum absolute atomic E-state index is 11.8. The van der Waals surface area contributed by atoms with Crippen molar-refractivity contribution in [2.24, 2.45) is 0 Å². The summed E-state index contributed by atoms with van der Waals surface area (Å²) in [7, 11) is 0. The van der Waals surface area contributed by atoms with Gasteiger partial charge in [0.15, 0.2) is 6.61 Å². The molecule has 0 radical (unpaired) electrons. The molecule has 0 spiro atoms. The van der Waals surface area contributed by atoms with Gasteiger partial charge >= 0.3 is 5.97 Å². The molecule has 5 nitrogen and oxygen atoms in total. The minimum Gasteiger partial charge on any atom is -0.492 e. The zero-order chi connectivity index (χ0) is 19.8. The molecule has 0 saturated heterocycles. The zero-order valence-corrected chi connectivity index (χ0v) is 17.7. The number of carbonyl (C=O) groups is 2. The number of aryl methyl sites for hydroxylation is 1. The molecule has 1 amide bonds. The maximum atomic E-state index is 11.8. The van der Waals surface area contributed by atoms with Crippen LogP contribution in [0.4, 0.5) is 5.69 Å². The number of esters is 1. The van der Waals surface area contributed by atoms with Crippen molar-refractivity contribution in [3.8, 4) is 5.75 Å².